The van der Waals surface area contributed by atoms with E-state index >= 15 is 0 Å². The molecule has 1 N–H and O–H groups in total. The second-order valence-electron chi connectivity index (χ2n) is 5.90. The van der Waals surface area contributed by atoms with E-state index in [9.17, 15) is 0 Å². The second kappa shape index (κ2) is 6.94. The van der Waals surface area contributed by atoms with Gasteiger partial charge in [-0.1, -0.05) is 52.3 Å². The summed E-state index contributed by atoms with van der Waals surface area (Å²) in [5.74, 6) is 1.34. The molecule has 1 aromatic carbocycles. The molecule has 2 atom stereocenters. The van der Waals surface area contributed by atoms with Crippen molar-refractivity contribution < 1.29 is 0 Å². The molecule has 0 spiro atoms. The maximum absolute atomic E-state index is 3.59. The lowest BCUT2D eigenvalue weighted by Gasteiger charge is -2.25. The maximum atomic E-state index is 3.59. The van der Waals surface area contributed by atoms with Gasteiger partial charge in [0.15, 0.2) is 0 Å². The van der Waals surface area contributed by atoms with Gasteiger partial charge >= 0.3 is 0 Å². The molecule has 1 heteroatoms. The minimum atomic E-state index is 0.558. The Bertz CT molecular complexity index is 368. The van der Waals surface area contributed by atoms with Crippen LogP contribution in [0, 0.1) is 19.8 Å². The van der Waals surface area contributed by atoms with E-state index in [4.69, 9.17) is 0 Å². The summed E-state index contributed by atoms with van der Waals surface area (Å²) in [7, 11) is 0. The van der Waals surface area contributed by atoms with E-state index in [2.05, 4.69) is 65.1 Å². The Morgan fingerprint density at radius 1 is 1.06 bits per heavy atom. The van der Waals surface area contributed by atoms with Crippen LogP contribution in [0.1, 0.15) is 56.7 Å². The van der Waals surface area contributed by atoms with Crippen molar-refractivity contribution in [2.75, 3.05) is 6.54 Å². The van der Waals surface area contributed by atoms with Crippen LogP contribution in [-0.4, -0.2) is 12.6 Å². The van der Waals surface area contributed by atoms with Crippen LogP contribution in [0.5, 0.6) is 0 Å². The van der Waals surface area contributed by atoms with E-state index in [0.717, 1.165) is 12.5 Å². The molecule has 1 aromatic rings. The Kier molecular flexibility index (Phi) is 5.87. The first-order valence-electron chi connectivity index (χ1n) is 7.26. The van der Waals surface area contributed by atoms with Crippen molar-refractivity contribution in [2.45, 2.75) is 59.9 Å². The first-order chi connectivity index (χ1) is 8.45. The Hall–Kier alpha value is -0.820. The summed E-state index contributed by atoms with van der Waals surface area (Å²) < 4.78 is 0. The van der Waals surface area contributed by atoms with E-state index in [1.54, 1.807) is 0 Å². The highest BCUT2D eigenvalue weighted by Gasteiger charge is 2.18. The topological polar surface area (TPSA) is 12.0 Å². The van der Waals surface area contributed by atoms with Crippen LogP contribution in [0.4, 0.5) is 0 Å². The smallest absolute Gasteiger partial charge is 0.00250 e. The highest BCUT2D eigenvalue weighted by atomic mass is 14.9. The maximum Gasteiger partial charge on any atom is 0.00250 e. The lowest BCUT2D eigenvalue weighted by atomic mass is 9.84. The van der Waals surface area contributed by atoms with Gasteiger partial charge in [-0.05, 0) is 42.4 Å². The van der Waals surface area contributed by atoms with Crippen molar-refractivity contribution in [3.05, 3.63) is 34.9 Å². The fourth-order valence-corrected chi connectivity index (χ4v) is 2.29. The Morgan fingerprint density at radius 2 is 1.72 bits per heavy atom. The van der Waals surface area contributed by atoms with Gasteiger partial charge in [0.25, 0.3) is 0 Å². The predicted octanol–water partition coefficient (Wildman–Crippen LogP) is 4.43. The van der Waals surface area contributed by atoms with Crippen LogP contribution in [0.15, 0.2) is 18.2 Å². The normalized spacial score (nSPS) is 14.8. The van der Waals surface area contributed by atoms with Crippen LogP contribution in [0.2, 0.25) is 0 Å². The van der Waals surface area contributed by atoms with Crippen molar-refractivity contribution in [1.82, 2.24) is 5.32 Å². The third kappa shape index (κ3) is 4.13. The molecule has 0 bridgehead atoms. The van der Waals surface area contributed by atoms with Crippen LogP contribution in [0.3, 0.4) is 0 Å². The molecule has 0 aliphatic rings. The van der Waals surface area contributed by atoms with Gasteiger partial charge in [0.2, 0.25) is 0 Å². The molecular formula is C17H29N. The molecule has 0 fully saturated rings. The zero-order chi connectivity index (χ0) is 13.7. The minimum absolute atomic E-state index is 0.558. The summed E-state index contributed by atoms with van der Waals surface area (Å²) in [5.41, 5.74) is 4.28. The summed E-state index contributed by atoms with van der Waals surface area (Å²) in [5, 5.41) is 3.59. The average Bonchev–Trinajstić information content (AvgIpc) is 2.33. The molecule has 102 valence electrons. The third-order valence-corrected chi connectivity index (χ3v) is 4.04. The molecule has 0 radical (unpaired) electrons. The lowest BCUT2D eigenvalue weighted by Crippen LogP contribution is -2.30. The fourth-order valence-electron chi connectivity index (χ4n) is 2.29. The Balaban J connectivity index is 2.90. The standard InChI is InChI=1S/C17H29N/c1-7-13(4)17(11-18-12(2)3)16-9-8-14(5)15(6)10-16/h8-10,12-13,17-18H,7,11H2,1-6H3. The van der Waals surface area contributed by atoms with E-state index in [-0.39, 0.29) is 0 Å². The summed E-state index contributed by atoms with van der Waals surface area (Å²) in [6.07, 6.45) is 1.23. The summed E-state index contributed by atoms with van der Waals surface area (Å²) in [6, 6.07) is 7.49. The van der Waals surface area contributed by atoms with E-state index in [1.807, 2.05) is 0 Å². The zero-order valence-electron chi connectivity index (χ0n) is 12.9. The number of nitrogens with one attached hydrogen (secondary N) is 1. The van der Waals surface area contributed by atoms with Gasteiger partial charge in [-0.3, -0.25) is 0 Å². The zero-order valence-corrected chi connectivity index (χ0v) is 12.9. The first kappa shape index (κ1) is 15.2. The summed E-state index contributed by atoms with van der Waals surface area (Å²) >= 11 is 0. The average molecular weight is 247 g/mol. The fraction of sp³-hybridized carbons (Fsp3) is 0.647. The van der Waals surface area contributed by atoms with Gasteiger partial charge in [0.05, 0.1) is 0 Å². The van der Waals surface area contributed by atoms with Crippen molar-refractivity contribution in [3.8, 4) is 0 Å². The van der Waals surface area contributed by atoms with Gasteiger partial charge in [-0.2, -0.15) is 0 Å². The number of hydrogen-bond acceptors (Lipinski definition) is 1. The number of aryl methyl sites for hydroxylation is 2. The largest absolute Gasteiger partial charge is 0.314 e. The summed E-state index contributed by atoms with van der Waals surface area (Å²) in [4.78, 5) is 0. The van der Waals surface area contributed by atoms with E-state index in [1.165, 1.54) is 23.1 Å². The van der Waals surface area contributed by atoms with E-state index in [0.29, 0.717) is 12.0 Å². The molecule has 0 heterocycles. The van der Waals surface area contributed by atoms with Crippen molar-refractivity contribution in [3.63, 3.8) is 0 Å². The molecule has 0 saturated carbocycles. The molecule has 0 amide bonds. The van der Waals surface area contributed by atoms with Gasteiger partial charge in [0, 0.05) is 12.6 Å². The van der Waals surface area contributed by atoms with Gasteiger partial charge in [0.1, 0.15) is 0 Å². The molecule has 18 heavy (non-hydrogen) atoms. The van der Waals surface area contributed by atoms with Crippen molar-refractivity contribution in [1.29, 1.82) is 0 Å². The summed E-state index contributed by atoms with van der Waals surface area (Å²) in [6.45, 7) is 14.6. The minimum Gasteiger partial charge on any atom is -0.314 e. The lowest BCUT2D eigenvalue weighted by molar-refractivity contribution is 0.406. The highest BCUT2D eigenvalue weighted by molar-refractivity contribution is 5.32. The molecule has 1 nitrogen and oxygen atoms in total. The molecule has 0 aliphatic heterocycles. The molecular weight excluding hydrogens is 218 g/mol. The van der Waals surface area contributed by atoms with Crippen LogP contribution < -0.4 is 5.32 Å². The van der Waals surface area contributed by atoms with Gasteiger partial charge < -0.3 is 5.32 Å². The SMILES string of the molecule is CCC(C)C(CNC(C)C)c1ccc(C)c(C)c1. The third-order valence-electron chi connectivity index (χ3n) is 4.04. The van der Waals surface area contributed by atoms with Crippen molar-refractivity contribution in [2.24, 2.45) is 5.92 Å². The molecule has 0 saturated heterocycles. The predicted molar refractivity (Wildman–Crippen MR) is 81.3 cm³/mol. The molecule has 2 unspecified atom stereocenters. The Morgan fingerprint density at radius 3 is 2.22 bits per heavy atom. The van der Waals surface area contributed by atoms with Gasteiger partial charge in [-0.15, -0.1) is 0 Å². The van der Waals surface area contributed by atoms with Gasteiger partial charge in [-0.25, -0.2) is 0 Å². The Labute approximate surface area is 113 Å². The first-order valence-corrected chi connectivity index (χ1v) is 7.26. The van der Waals surface area contributed by atoms with Crippen LogP contribution in [-0.2, 0) is 0 Å². The monoisotopic (exact) mass is 247 g/mol. The molecule has 0 aliphatic carbocycles. The molecule has 1 rings (SSSR count). The number of rotatable bonds is 6. The second-order valence-corrected chi connectivity index (χ2v) is 5.90. The van der Waals surface area contributed by atoms with Crippen LogP contribution >= 0.6 is 0 Å². The highest BCUT2D eigenvalue weighted by Crippen LogP contribution is 2.27. The van der Waals surface area contributed by atoms with Crippen LogP contribution in [0.25, 0.3) is 0 Å². The molecule has 0 aromatic heterocycles. The quantitative estimate of drug-likeness (QED) is 0.784. The number of benzene rings is 1. The number of hydrogen-bond donors (Lipinski definition) is 1. The van der Waals surface area contributed by atoms with E-state index < -0.39 is 0 Å². The van der Waals surface area contributed by atoms with Crippen molar-refractivity contribution >= 4 is 0 Å².